The molecule has 1 aliphatic rings. The van der Waals surface area contributed by atoms with Crippen molar-refractivity contribution >= 4 is 5.91 Å². The number of nitrogens with one attached hydrogen (secondary N) is 1. The van der Waals surface area contributed by atoms with Crippen molar-refractivity contribution in [2.75, 3.05) is 19.6 Å². The van der Waals surface area contributed by atoms with Gasteiger partial charge in [-0.1, -0.05) is 0 Å². The van der Waals surface area contributed by atoms with Crippen molar-refractivity contribution in [2.45, 2.75) is 25.1 Å². The first-order valence-corrected chi connectivity index (χ1v) is 7.01. The maximum Gasteiger partial charge on any atom is 0.401 e. The standard InChI is InChI=1S/C14H18F3N3O2/c1-19-8-10(2-3-12(19)21)13(22)18-11-4-6-20(7-5-11)9-14(15,16)17/h2-3,8,11H,4-7,9H2,1H3,(H,18,22). The molecule has 1 fully saturated rings. The van der Waals surface area contributed by atoms with Gasteiger partial charge >= 0.3 is 6.18 Å². The lowest BCUT2D eigenvalue weighted by Crippen LogP contribution is -2.47. The number of likely N-dealkylation sites (tertiary alicyclic amines) is 1. The van der Waals surface area contributed by atoms with Gasteiger partial charge in [-0.05, 0) is 18.9 Å². The first-order chi connectivity index (χ1) is 10.2. The predicted molar refractivity (Wildman–Crippen MR) is 74.7 cm³/mol. The Kier molecular flexibility index (Phi) is 4.90. The molecule has 1 saturated heterocycles. The molecule has 0 bridgehead atoms. The molecule has 0 aliphatic carbocycles. The fourth-order valence-corrected chi connectivity index (χ4v) is 2.49. The van der Waals surface area contributed by atoms with Gasteiger partial charge in [-0.15, -0.1) is 0 Å². The molecule has 122 valence electrons. The monoisotopic (exact) mass is 317 g/mol. The van der Waals surface area contributed by atoms with Crippen molar-refractivity contribution < 1.29 is 18.0 Å². The van der Waals surface area contributed by atoms with E-state index in [0.29, 0.717) is 31.5 Å². The SMILES string of the molecule is Cn1cc(C(=O)NC2CCN(CC(F)(F)F)CC2)ccc1=O. The lowest BCUT2D eigenvalue weighted by Gasteiger charge is -2.32. The fraction of sp³-hybridized carbons (Fsp3) is 0.571. The largest absolute Gasteiger partial charge is 0.401 e. The van der Waals surface area contributed by atoms with Crippen LogP contribution in [0, 0.1) is 0 Å². The van der Waals surface area contributed by atoms with Crippen LogP contribution in [-0.2, 0) is 7.05 Å². The minimum absolute atomic E-state index is 0.144. The number of halogens is 3. The third kappa shape index (κ3) is 4.59. The number of alkyl halides is 3. The summed E-state index contributed by atoms with van der Waals surface area (Å²) in [6.45, 7) is -0.302. The zero-order valence-corrected chi connectivity index (χ0v) is 12.2. The van der Waals surface area contributed by atoms with Gasteiger partial charge in [0.15, 0.2) is 0 Å². The number of carbonyl (C=O) groups is 1. The number of aromatic nitrogens is 1. The molecule has 0 unspecified atom stereocenters. The third-order valence-electron chi connectivity index (χ3n) is 3.67. The normalized spacial score (nSPS) is 17.5. The fourth-order valence-electron chi connectivity index (χ4n) is 2.49. The lowest BCUT2D eigenvalue weighted by molar-refractivity contribution is -0.148. The number of hydrogen-bond acceptors (Lipinski definition) is 3. The minimum atomic E-state index is -4.19. The summed E-state index contributed by atoms with van der Waals surface area (Å²) < 4.78 is 38.2. The number of piperidine rings is 1. The molecule has 0 radical (unpaired) electrons. The van der Waals surface area contributed by atoms with E-state index in [2.05, 4.69) is 5.32 Å². The molecular weight excluding hydrogens is 299 g/mol. The Balaban J connectivity index is 1.86. The molecular formula is C14H18F3N3O2. The highest BCUT2D eigenvalue weighted by atomic mass is 19.4. The van der Waals surface area contributed by atoms with Crippen molar-refractivity contribution in [1.29, 1.82) is 0 Å². The van der Waals surface area contributed by atoms with Crippen LogP contribution in [0.4, 0.5) is 13.2 Å². The summed E-state index contributed by atoms with van der Waals surface area (Å²) >= 11 is 0. The van der Waals surface area contributed by atoms with Crippen LogP contribution in [-0.4, -0.2) is 47.2 Å². The van der Waals surface area contributed by atoms with Gasteiger partial charge in [-0.3, -0.25) is 14.5 Å². The number of hydrogen-bond donors (Lipinski definition) is 1. The molecule has 5 nitrogen and oxygen atoms in total. The minimum Gasteiger partial charge on any atom is -0.349 e. The number of rotatable bonds is 3. The van der Waals surface area contributed by atoms with Crippen molar-refractivity contribution in [2.24, 2.45) is 7.05 Å². The van der Waals surface area contributed by atoms with E-state index in [-0.39, 0.29) is 17.5 Å². The second kappa shape index (κ2) is 6.51. The molecule has 2 heterocycles. The zero-order chi connectivity index (χ0) is 16.3. The number of aryl methyl sites for hydroxylation is 1. The van der Waals surface area contributed by atoms with Crippen molar-refractivity contribution in [3.05, 3.63) is 34.2 Å². The average Bonchev–Trinajstić information content (AvgIpc) is 2.42. The molecule has 2 rings (SSSR count). The topological polar surface area (TPSA) is 54.3 Å². The van der Waals surface area contributed by atoms with Gasteiger partial charge < -0.3 is 9.88 Å². The molecule has 0 atom stereocenters. The molecule has 22 heavy (non-hydrogen) atoms. The Labute approximate surface area is 125 Å². The smallest absolute Gasteiger partial charge is 0.349 e. The maximum atomic E-state index is 12.3. The Morgan fingerprint density at radius 1 is 1.32 bits per heavy atom. The van der Waals surface area contributed by atoms with Crippen LogP contribution in [0.3, 0.4) is 0 Å². The highest BCUT2D eigenvalue weighted by molar-refractivity contribution is 5.94. The third-order valence-corrected chi connectivity index (χ3v) is 3.67. The van der Waals surface area contributed by atoms with Gasteiger partial charge in [0.2, 0.25) is 5.56 Å². The maximum absolute atomic E-state index is 12.3. The summed E-state index contributed by atoms with van der Waals surface area (Å²) in [6.07, 6.45) is -1.79. The Hall–Kier alpha value is -1.83. The van der Waals surface area contributed by atoms with E-state index in [1.54, 1.807) is 7.05 Å². The van der Waals surface area contributed by atoms with E-state index in [1.807, 2.05) is 0 Å². The summed E-state index contributed by atoms with van der Waals surface area (Å²) in [5, 5.41) is 2.80. The molecule has 0 aromatic carbocycles. The Morgan fingerprint density at radius 2 is 1.95 bits per heavy atom. The summed E-state index contributed by atoms with van der Waals surface area (Å²) in [7, 11) is 1.55. The quantitative estimate of drug-likeness (QED) is 0.910. The van der Waals surface area contributed by atoms with Crippen LogP contribution in [0.5, 0.6) is 0 Å². The molecule has 1 aromatic heterocycles. The van der Waals surface area contributed by atoms with Gasteiger partial charge in [0, 0.05) is 38.4 Å². The van der Waals surface area contributed by atoms with Crippen molar-refractivity contribution in [3.8, 4) is 0 Å². The molecule has 0 spiro atoms. The number of pyridine rings is 1. The van der Waals surface area contributed by atoms with Crippen molar-refractivity contribution in [3.63, 3.8) is 0 Å². The molecule has 0 saturated carbocycles. The van der Waals surface area contributed by atoms with E-state index in [9.17, 15) is 22.8 Å². The molecule has 1 amide bonds. The highest BCUT2D eigenvalue weighted by Gasteiger charge is 2.32. The van der Waals surface area contributed by atoms with Gasteiger partial charge in [0.05, 0.1) is 12.1 Å². The molecule has 1 aromatic rings. The summed E-state index contributed by atoms with van der Waals surface area (Å²) in [5.74, 6) is -0.315. The van der Waals surface area contributed by atoms with Gasteiger partial charge in [-0.2, -0.15) is 13.2 Å². The number of carbonyl (C=O) groups excluding carboxylic acids is 1. The second-order valence-electron chi connectivity index (χ2n) is 5.51. The van der Waals surface area contributed by atoms with Crippen LogP contribution in [0.2, 0.25) is 0 Å². The van der Waals surface area contributed by atoms with E-state index >= 15 is 0 Å². The first kappa shape index (κ1) is 16.5. The molecule has 8 heteroatoms. The van der Waals surface area contributed by atoms with Crippen LogP contribution >= 0.6 is 0 Å². The lowest BCUT2D eigenvalue weighted by atomic mass is 10.0. The van der Waals surface area contributed by atoms with Crippen LogP contribution in [0.1, 0.15) is 23.2 Å². The zero-order valence-electron chi connectivity index (χ0n) is 12.2. The Bertz CT molecular complexity index is 590. The summed E-state index contributed by atoms with van der Waals surface area (Å²) in [5.41, 5.74) is 0.150. The first-order valence-electron chi connectivity index (χ1n) is 7.01. The predicted octanol–water partition coefficient (Wildman–Crippen LogP) is 1.14. The van der Waals surface area contributed by atoms with Gasteiger partial charge in [0.1, 0.15) is 0 Å². The average molecular weight is 317 g/mol. The highest BCUT2D eigenvalue weighted by Crippen LogP contribution is 2.19. The molecule has 1 aliphatic heterocycles. The van der Waals surface area contributed by atoms with Crippen molar-refractivity contribution in [1.82, 2.24) is 14.8 Å². The van der Waals surface area contributed by atoms with E-state index in [1.165, 1.54) is 27.8 Å². The second-order valence-corrected chi connectivity index (χ2v) is 5.51. The van der Waals surface area contributed by atoms with Gasteiger partial charge in [0.25, 0.3) is 5.91 Å². The van der Waals surface area contributed by atoms with E-state index < -0.39 is 12.7 Å². The van der Waals surface area contributed by atoms with Crippen LogP contribution < -0.4 is 10.9 Å². The molecule has 1 N–H and O–H groups in total. The van der Waals surface area contributed by atoms with Gasteiger partial charge in [-0.25, -0.2) is 0 Å². The van der Waals surface area contributed by atoms with Crippen LogP contribution in [0.15, 0.2) is 23.1 Å². The number of nitrogens with zero attached hydrogens (tertiary/aromatic N) is 2. The Morgan fingerprint density at radius 3 is 2.50 bits per heavy atom. The van der Waals surface area contributed by atoms with E-state index in [0.717, 1.165) is 0 Å². The number of amides is 1. The summed E-state index contributed by atoms with van der Waals surface area (Å²) in [6, 6.07) is 2.60. The summed E-state index contributed by atoms with van der Waals surface area (Å²) in [4.78, 5) is 24.7. The van der Waals surface area contributed by atoms with Crippen LogP contribution in [0.25, 0.3) is 0 Å². The van der Waals surface area contributed by atoms with E-state index in [4.69, 9.17) is 0 Å².